The lowest BCUT2D eigenvalue weighted by molar-refractivity contribution is -0.138. The van der Waals surface area contributed by atoms with Crippen LogP contribution in [0.4, 0.5) is 5.69 Å². The fourth-order valence-corrected chi connectivity index (χ4v) is 3.04. The summed E-state index contributed by atoms with van der Waals surface area (Å²) in [4.78, 5) is 26.0. The number of ether oxygens (including phenoxy) is 1. The number of carbonyl (C=O) groups excluding carboxylic acids is 2. The van der Waals surface area contributed by atoms with Gasteiger partial charge >= 0.3 is 0 Å². The highest BCUT2D eigenvalue weighted by Crippen LogP contribution is 2.22. The van der Waals surface area contributed by atoms with Crippen LogP contribution in [0.5, 0.6) is 11.5 Å². The van der Waals surface area contributed by atoms with Crippen LogP contribution in [0, 0.1) is 0 Å². The third-order valence-electron chi connectivity index (χ3n) is 4.43. The summed E-state index contributed by atoms with van der Waals surface area (Å²) in [5.74, 6) is 1.26. The van der Waals surface area contributed by atoms with Gasteiger partial charge in [-0.2, -0.15) is 0 Å². The van der Waals surface area contributed by atoms with Crippen molar-refractivity contribution in [1.29, 1.82) is 0 Å². The minimum atomic E-state index is -0.212. The predicted molar refractivity (Wildman–Crippen MR) is 105 cm³/mol. The number of hydrogen-bond acceptors (Lipinski definition) is 4. The molecule has 0 radical (unpaired) electrons. The molecule has 27 heavy (non-hydrogen) atoms. The zero-order valence-electron chi connectivity index (χ0n) is 15.5. The van der Waals surface area contributed by atoms with Crippen molar-refractivity contribution >= 4 is 17.5 Å². The Bertz CT molecular complexity index is 762. The first-order valence-corrected chi connectivity index (χ1v) is 9.28. The molecule has 1 aliphatic rings. The Morgan fingerprint density at radius 3 is 2.52 bits per heavy atom. The molecule has 0 aliphatic carbocycles. The van der Waals surface area contributed by atoms with Crippen LogP contribution in [-0.2, 0) is 9.59 Å². The molecule has 2 aromatic carbocycles. The summed E-state index contributed by atoms with van der Waals surface area (Å²) in [6.07, 6.45) is 2.46. The molecule has 1 heterocycles. The molecular weight excluding hydrogens is 342 g/mol. The van der Waals surface area contributed by atoms with E-state index in [1.807, 2.05) is 30.3 Å². The molecule has 2 aromatic rings. The molecule has 1 saturated heterocycles. The average Bonchev–Trinajstić information content (AvgIpc) is 2.67. The molecule has 142 valence electrons. The van der Waals surface area contributed by atoms with Crippen LogP contribution in [0.1, 0.15) is 26.2 Å². The van der Waals surface area contributed by atoms with E-state index in [0.29, 0.717) is 24.5 Å². The summed E-state index contributed by atoms with van der Waals surface area (Å²) in [6, 6.07) is 16.9. The second-order valence-corrected chi connectivity index (χ2v) is 6.63. The summed E-state index contributed by atoms with van der Waals surface area (Å²) in [5, 5.41) is 6.13. The molecule has 2 N–H and O–H groups in total. The average molecular weight is 367 g/mol. The SMILES string of the molecule is CCCC1CC(=O)N(CC(=O)Nc2ccc(Oc3ccccc3)cc2)CN1. The molecule has 2 amide bonds. The van der Waals surface area contributed by atoms with E-state index in [4.69, 9.17) is 4.74 Å². The summed E-state index contributed by atoms with van der Waals surface area (Å²) < 4.78 is 5.73. The Morgan fingerprint density at radius 2 is 1.85 bits per heavy atom. The van der Waals surface area contributed by atoms with Gasteiger partial charge in [0.15, 0.2) is 0 Å². The number of rotatable bonds is 7. The zero-order valence-corrected chi connectivity index (χ0v) is 15.5. The lowest BCUT2D eigenvalue weighted by Crippen LogP contribution is -2.52. The lowest BCUT2D eigenvalue weighted by atomic mass is 10.1. The fraction of sp³-hybridized carbons (Fsp3) is 0.333. The second kappa shape index (κ2) is 9.19. The van der Waals surface area contributed by atoms with E-state index >= 15 is 0 Å². The second-order valence-electron chi connectivity index (χ2n) is 6.63. The summed E-state index contributed by atoms with van der Waals surface area (Å²) >= 11 is 0. The van der Waals surface area contributed by atoms with E-state index in [1.54, 1.807) is 29.2 Å². The van der Waals surface area contributed by atoms with Crippen LogP contribution in [0.3, 0.4) is 0 Å². The van der Waals surface area contributed by atoms with Crippen LogP contribution in [-0.4, -0.2) is 36.0 Å². The molecule has 6 heteroatoms. The van der Waals surface area contributed by atoms with Gasteiger partial charge in [0.1, 0.15) is 18.0 Å². The highest BCUT2D eigenvalue weighted by molar-refractivity contribution is 5.94. The Kier molecular flexibility index (Phi) is 6.44. The normalized spacial score (nSPS) is 16.9. The number of para-hydroxylation sites is 1. The van der Waals surface area contributed by atoms with E-state index in [2.05, 4.69) is 17.6 Å². The largest absolute Gasteiger partial charge is 0.457 e. The van der Waals surface area contributed by atoms with Gasteiger partial charge in [0.25, 0.3) is 0 Å². The molecule has 0 spiro atoms. The van der Waals surface area contributed by atoms with Gasteiger partial charge < -0.3 is 15.0 Å². The predicted octanol–water partition coefficient (Wildman–Crippen LogP) is 3.37. The molecule has 3 rings (SSSR count). The third-order valence-corrected chi connectivity index (χ3v) is 4.43. The topological polar surface area (TPSA) is 70.7 Å². The lowest BCUT2D eigenvalue weighted by Gasteiger charge is -2.32. The maximum Gasteiger partial charge on any atom is 0.244 e. The summed E-state index contributed by atoms with van der Waals surface area (Å²) in [7, 11) is 0. The number of nitrogens with one attached hydrogen (secondary N) is 2. The van der Waals surface area contributed by atoms with Crippen molar-refractivity contribution in [1.82, 2.24) is 10.2 Å². The number of carbonyl (C=O) groups is 2. The molecule has 1 unspecified atom stereocenters. The van der Waals surface area contributed by atoms with Gasteiger partial charge in [-0.1, -0.05) is 31.5 Å². The Labute approximate surface area is 159 Å². The van der Waals surface area contributed by atoms with Gasteiger partial charge in [0.05, 0.1) is 6.67 Å². The molecule has 1 atom stereocenters. The van der Waals surface area contributed by atoms with Crippen LogP contribution >= 0.6 is 0 Å². The van der Waals surface area contributed by atoms with Gasteiger partial charge in [-0.25, -0.2) is 0 Å². The van der Waals surface area contributed by atoms with Gasteiger partial charge in [0.2, 0.25) is 11.8 Å². The zero-order chi connectivity index (χ0) is 19.1. The molecular formula is C21H25N3O3. The molecule has 0 aromatic heterocycles. The molecule has 1 aliphatic heterocycles. The maximum atomic E-state index is 12.2. The van der Waals surface area contributed by atoms with Crippen LogP contribution in [0.15, 0.2) is 54.6 Å². The Morgan fingerprint density at radius 1 is 1.15 bits per heavy atom. The third kappa shape index (κ3) is 5.56. The highest BCUT2D eigenvalue weighted by atomic mass is 16.5. The highest BCUT2D eigenvalue weighted by Gasteiger charge is 2.25. The van der Waals surface area contributed by atoms with E-state index < -0.39 is 0 Å². The van der Waals surface area contributed by atoms with Crippen molar-refractivity contribution in [2.75, 3.05) is 18.5 Å². The van der Waals surface area contributed by atoms with Crippen molar-refractivity contribution < 1.29 is 14.3 Å². The minimum Gasteiger partial charge on any atom is -0.457 e. The number of benzene rings is 2. The van der Waals surface area contributed by atoms with E-state index in [9.17, 15) is 9.59 Å². The summed E-state index contributed by atoms with van der Waals surface area (Å²) in [6.45, 7) is 2.57. The van der Waals surface area contributed by atoms with Crippen molar-refractivity contribution in [3.63, 3.8) is 0 Å². The van der Waals surface area contributed by atoms with E-state index in [0.717, 1.165) is 18.6 Å². The van der Waals surface area contributed by atoms with Gasteiger partial charge in [-0.3, -0.25) is 14.9 Å². The van der Waals surface area contributed by atoms with Crippen molar-refractivity contribution in [2.24, 2.45) is 0 Å². The van der Waals surface area contributed by atoms with Gasteiger partial charge in [-0.05, 0) is 42.8 Å². The van der Waals surface area contributed by atoms with Gasteiger partial charge in [0, 0.05) is 18.2 Å². The van der Waals surface area contributed by atoms with E-state index in [1.165, 1.54) is 0 Å². The van der Waals surface area contributed by atoms with E-state index in [-0.39, 0.29) is 24.4 Å². The molecule has 1 fully saturated rings. The van der Waals surface area contributed by atoms with Crippen molar-refractivity contribution in [2.45, 2.75) is 32.2 Å². The Balaban J connectivity index is 1.49. The minimum absolute atomic E-state index is 0.0222. The first kappa shape index (κ1) is 18.9. The molecule has 6 nitrogen and oxygen atoms in total. The van der Waals surface area contributed by atoms with Crippen molar-refractivity contribution in [3.8, 4) is 11.5 Å². The van der Waals surface area contributed by atoms with Gasteiger partial charge in [-0.15, -0.1) is 0 Å². The maximum absolute atomic E-state index is 12.2. The molecule has 0 saturated carbocycles. The fourth-order valence-electron chi connectivity index (χ4n) is 3.04. The number of amides is 2. The number of nitrogens with zero attached hydrogens (tertiary/aromatic N) is 1. The van der Waals surface area contributed by atoms with Crippen molar-refractivity contribution in [3.05, 3.63) is 54.6 Å². The molecule has 0 bridgehead atoms. The first-order chi connectivity index (χ1) is 13.1. The quantitative estimate of drug-likeness (QED) is 0.787. The number of anilines is 1. The first-order valence-electron chi connectivity index (χ1n) is 9.28. The number of hydrogen-bond donors (Lipinski definition) is 2. The standard InChI is InChI=1S/C21H25N3O3/c1-2-6-17-13-21(26)24(15-22-17)14-20(25)23-16-9-11-19(12-10-16)27-18-7-4-3-5-8-18/h3-5,7-12,17,22H,2,6,13-15H2,1H3,(H,23,25). The monoisotopic (exact) mass is 367 g/mol. The summed E-state index contributed by atoms with van der Waals surface area (Å²) in [5.41, 5.74) is 0.668. The van der Waals surface area contributed by atoms with Crippen LogP contribution in [0.2, 0.25) is 0 Å². The van der Waals surface area contributed by atoms with Crippen LogP contribution < -0.4 is 15.4 Å². The smallest absolute Gasteiger partial charge is 0.244 e. The Hall–Kier alpha value is -2.86. The van der Waals surface area contributed by atoms with Crippen LogP contribution in [0.25, 0.3) is 0 Å².